The Morgan fingerprint density at radius 1 is 1.10 bits per heavy atom. The minimum absolute atomic E-state index is 0.0414. The molecule has 1 unspecified atom stereocenters. The molecule has 0 spiro atoms. The van der Waals surface area contributed by atoms with E-state index in [4.69, 9.17) is 9.47 Å². The number of hydrogen-bond acceptors (Lipinski definition) is 6. The number of hydrogen-bond donors (Lipinski definition) is 0. The maximum Gasteiger partial charge on any atom is 0.387 e. The third-order valence-corrected chi connectivity index (χ3v) is 8.10. The standard InChI is InChI=1S/C29H29F2NO6S/c1-3-21-7-4-5-8-22(21)13-11-20-12-15-27-26(17-20)32(19-24(37-27)14-16-28(33)36-2)39(34,35)25-10-6-9-23(18-25)38-29(30)31/h4-13,15,17-18,24,29H,3,14,16,19H2,1-2H3/b13-11+. The van der Waals surface area contributed by atoms with Crippen molar-refractivity contribution < 1.29 is 36.2 Å². The lowest BCUT2D eigenvalue weighted by molar-refractivity contribution is -0.141. The molecule has 0 saturated heterocycles. The smallest absolute Gasteiger partial charge is 0.387 e. The first-order valence-corrected chi connectivity index (χ1v) is 13.9. The van der Waals surface area contributed by atoms with Gasteiger partial charge in [-0.3, -0.25) is 9.10 Å². The molecule has 0 radical (unpaired) electrons. The first kappa shape index (κ1) is 28.1. The van der Waals surface area contributed by atoms with Gasteiger partial charge in [-0.2, -0.15) is 8.78 Å². The van der Waals surface area contributed by atoms with E-state index in [1.807, 2.05) is 36.4 Å². The average molecular weight is 558 g/mol. The maximum atomic E-state index is 13.8. The van der Waals surface area contributed by atoms with Crippen LogP contribution < -0.4 is 13.8 Å². The fourth-order valence-corrected chi connectivity index (χ4v) is 5.87. The zero-order valence-corrected chi connectivity index (χ0v) is 22.4. The number of ether oxygens (including phenoxy) is 3. The van der Waals surface area contributed by atoms with E-state index in [1.165, 1.54) is 35.2 Å². The number of methoxy groups -OCH3 is 1. The molecule has 0 amide bonds. The van der Waals surface area contributed by atoms with E-state index in [1.54, 1.807) is 12.1 Å². The van der Waals surface area contributed by atoms with Crippen LogP contribution in [0.25, 0.3) is 12.2 Å². The van der Waals surface area contributed by atoms with Crippen molar-refractivity contribution in [3.8, 4) is 11.5 Å². The molecule has 0 bridgehead atoms. The first-order valence-electron chi connectivity index (χ1n) is 12.4. The molecule has 10 heteroatoms. The summed E-state index contributed by atoms with van der Waals surface area (Å²) >= 11 is 0. The van der Waals surface area contributed by atoms with Crippen LogP contribution in [-0.4, -0.2) is 40.8 Å². The maximum absolute atomic E-state index is 13.8. The minimum atomic E-state index is -4.22. The molecular weight excluding hydrogens is 528 g/mol. The molecule has 3 aromatic rings. The zero-order valence-electron chi connectivity index (χ0n) is 21.5. The number of aryl methyl sites for hydroxylation is 1. The van der Waals surface area contributed by atoms with Crippen molar-refractivity contribution in [2.24, 2.45) is 0 Å². The average Bonchev–Trinajstić information content (AvgIpc) is 2.94. The van der Waals surface area contributed by atoms with Gasteiger partial charge in [0.2, 0.25) is 0 Å². The van der Waals surface area contributed by atoms with Crippen LogP contribution in [0.5, 0.6) is 11.5 Å². The van der Waals surface area contributed by atoms with Gasteiger partial charge in [0.1, 0.15) is 17.6 Å². The molecule has 0 fully saturated rings. The Labute approximate surface area is 226 Å². The van der Waals surface area contributed by atoms with Crippen LogP contribution in [0.1, 0.15) is 36.5 Å². The number of benzene rings is 3. The predicted molar refractivity (Wildman–Crippen MR) is 144 cm³/mol. The van der Waals surface area contributed by atoms with E-state index >= 15 is 0 Å². The molecule has 4 rings (SSSR count). The lowest BCUT2D eigenvalue weighted by atomic mass is 10.0. The van der Waals surface area contributed by atoms with Crippen LogP contribution >= 0.6 is 0 Å². The number of rotatable bonds is 10. The Morgan fingerprint density at radius 2 is 1.90 bits per heavy atom. The summed E-state index contributed by atoms with van der Waals surface area (Å²) < 4.78 is 69.6. The van der Waals surface area contributed by atoms with Crippen LogP contribution in [-0.2, 0) is 26.0 Å². The molecule has 206 valence electrons. The van der Waals surface area contributed by atoms with Crippen molar-refractivity contribution >= 4 is 33.8 Å². The molecule has 1 heterocycles. The van der Waals surface area contributed by atoms with Crippen molar-refractivity contribution in [2.45, 2.75) is 43.8 Å². The highest BCUT2D eigenvalue weighted by atomic mass is 32.2. The number of halogens is 2. The number of carbonyl (C=O) groups excluding carboxylic acids is 1. The van der Waals surface area contributed by atoms with Crippen molar-refractivity contribution in [3.63, 3.8) is 0 Å². The summed E-state index contributed by atoms with van der Waals surface area (Å²) in [7, 11) is -2.94. The van der Waals surface area contributed by atoms with Gasteiger partial charge in [0.25, 0.3) is 10.0 Å². The zero-order chi connectivity index (χ0) is 28.0. The second-order valence-corrected chi connectivity index (χ2v) is 10.7. The quantitative estimate of drug-likeness (QED) is 0.227. The van der Waals surface area contributed by atoms with Crippen molar-refractivity contribution in [3.05, 3.63) is 83.4 Å². The largest absolute Gasteiger partial charge is 0.486 e. The van der Waals surface area contributed by atoms with Crippen LogP contribution in [0.3, 0.4) is 0 Å². The Hall–Kier alpha value is -3.92. The molecular formula is C29H29F2NO6S. The summed E-state index contributed by atoms with van der Waals surface area (Å²) in [5, 5.41) is 0. The highest BCUT2D eigenvalue weighted by Crippen LogP contribution is 2.39. The van der Waals surface area contributed by atoms with E-state index in [9.17, 15) is 22.0 Å². The lowest BCUT2D eigenvalue weighted by Crippen LogP contribution is -2.43. The Balaban J connectivity index is 1.72. The Kier molecular flexibility index (Phi) is 8.86. The van der Waals surface area contributed by atoms with Gasteiger partial charge in [0.05, 0.1) is 24.2 Å². The summed E-state index contributed by atoms with van der Waals surface area (Å²) in [6.45, 7) is -1.11. The number of alkyl halides is 2. The third-order valence-electron chi connectivity index (χ3n) is 6.32. The van der Waals surface area contributed by atoms with E-state index in [0.717, 1.165) is 23.6 Å². The summed E-state index contributed by atoms with van der Waals surface area (Å²) in [4.78, 5) is 11.5. The Morgan fingerprint density at radius 3 is 2.64 bits per heavy atom. The molecule has 7 nitrogen and oxygen atoms in total. The van der Waals surface area contributed by atoms with Gasteiger partial charge >= 0.3 is 12.6 Å². The normalized spacial score (nSPS) is 15.2. The number of nitrogens with zero attached hydrogens (tertiary/aromatic N) is 1. The van der Waals surface area contributed by atoms with E-state index < -0.39 is 28.7 Å². The molecule has 0 N–H and O–H groups in total. The van der Waals surface area contributed by atoms with Gasteiger partial charge in [0.15, 0.2) is 0 Å². The summed E-state index contributed by atoms with van der Waals surface area (Å²) in [5.74, 6) is -0.387. The van der Waals surface area contributed by atoms with Crippen LogP contribution in [0, 0.1) is 0 Å². The topological polar surface area (TPSA) is 82.1 Å². The second-order valence-electron chi connectivity index (χ2n) is 8.86. The van der Waals surface area contributed by atoms with Crippen molar-refractivity contribution in [2.75, 3.05) is 18.0 Å². The van der Waals surface area contributed by atoms with Gasteiger partial charge in [-0.1, -0.05) is 55.5 Å². The summed E-state index contributed by atoms with van der Waals surface area (Å²) in [5.41, 5.74) is 3.28. The van der Waals surface area contributed by atoms with Crippen LogP contribution in [0.15, 0.2) is 71.6 Å². The number of esters is 1. The minimum Gasteiger partial charge on any atom is -0.486 e. The predicted octanol–water partition coefficient (Wildman–Crippen LogP) is 5.93. The van der Waals surface area contributed by atoms with Gasteiger partial charge in [-0.25, -0.2) is 8.42 Å². The Bertz CT molecular complexity index is 1460. The number of sulfonamides is 1. The molecule has 1 atom stereocenters. The molecule has 1 aliphatic heterocycles. The highest BCUT2D eigenvalue weighted by molar-refractivity contribution is 7.92. The van der Waals surface area contributed by atoms with Gasteiger partial charge in [-0.15, -0.1) is 0 Å². The van der Waals surface area contributed by atoms with E-state index in [0.29, 0.717) is 11.4 Å². The molecule has 0 saturated carbocycles. The fourth-order valence-electron chi connectivity index (χ4n) is 4.33. The van der Waals surface area contributed by atoms with Crippen LogP contribution in [0.2, 0.25) is 0 Å². The lowest BCUT2D eigenvalue weighted by Gasteiger charge is -2.35. The monoisotopic (exact) mass is 557 g/mol. The summed E-state index contributed by atoms with van der Waals surface area (Å²) in [6, 6.07) is 18.2. The third kappa shape index (κ3) is 6.75. The molecule has 3 aromatic carbocycles. The van der Waals surface area contributed by atoms with Crippen molar-refractivity contribution in [1.29, 1.82) is 0 Å². The van der Waals surface area contributed by atoms with Gasteiger partial charge < -0.3 is 14.2 Å². The first-order chi connectivity index (χ1) is 18.7. The van der Waals surface area contributed by atoms with Crippen LogP contribution in [0.4, 0.5) is 14.5 Å². The van der Waals surface area contributed by atoms with E-state index in [-0.39, 0.29) is 30.0 Å². The van der Waals surface area contributed by atoms with E-state index in [2.05, 4.69) is 17.7 Å². The molecule has 1 aliphatic rings. The molecule has 0 aromatic heterocycles. The van der Waals surface area contributed by atoms with Gasteiger partial charge in [0, 0.05) is 12.5 Å². The SMILES string of the molecule is CCc1ccccc1/C=C/c1ccc2c(c1)N(S(=O)(=O)c1cccc(OC(F)F)c1)CC(CCC(=O)OC)O2. The number of fused-ring (bicyclic) bond motifs is 1. The fraction of sp³-hybridized carbons (Fsp3) is 0.276. The highest BCUT2D eigenvalue weighted by Gasteiger charge is 2.35. The molecule has 39 heavy (non-hydrogen) atoms. The summed E-state index contributed by atoms with van der Waals surface area (Å²) in [6.07, 6.45) is 4.35. The number of carbonyl (C=O) groups is 1. The van der Waals surface area contributed by atoms with Gasteiger partial charge in [-0.05, 0) is 53.8 Å². The second kappa shape index (κ2) is 12.3. The van der Waals surface area contributed by atoms with Crippen molar-refractivity contribution in [1.82, 2.24) is 0 Å². The number of anilines is 1. The molecule has 0 aliphatic carbocycles.